The fraction of sp³-hybridized carbons (Fsp3) is 0.500. The van der Waals surface area contributed by atoms with Crippen LogP contribution in [0.3, 0.4) is 0 Å². The van der Waals surface area contributed by atoms with Crippen molar-refractivity contribution in [3.63, 3.8) is 0 Å². The molecule has 0 aromatic carbocycles. The maximum atomic E-state index is 11.9. The van der Waals surface area contributed by atoms with Crippen LogP contribution in [0.15, 0.2) is 34.4 Å². The number of thiophene rings is 1. The van der Waals surface area contributed by atoms with Gasteiger partial charge in [0, 0.05) is 31.1 Å². The quantitative estimate of drug-likeness (QED) is 0.469. The molecular weight excluding hydrogens is 454 g/mol. The monoisotopic (exact) mass is 481 g/mol. The van der Waals surface area contributed by atoms with E-state index < -0.39 is 18.1 Å². The first-order valence-electron chi connectivity index (χ1n) is 10.6. The highest BCUT2D eigenvalue weighted by Gasteiger charge is 2.37. The number of amides is 1. The molecule has 8 nitrogen and oxygen atoms in total. The van der Waals surface area contributed by atoms with E-state index >= 15 is 0 Å². The summed E-state index contributed by atoms with van der Waals surface area (Å²) in [7, 11) is 0. The predicted octanol–water partition coefficient (Wildman–Crippen LogP) is 4.01. The van der Waals surface area contributed by atoms with E-state index in [-0.39, 0.29) is 30.0 Å². The van der Waals surface area contributed by atoms with E-state index in [0.29, 0.717) is 22.3 Å². The summed E-state index contributed by atoms with van der Waals surface area (Å²) in [6.45, 7) is 5.82. The zero-order chi connectivity index (χ0) is 23.3. The normalized spacial score (nSPS) is 20.9. The Kier molecular flexibility index (Phi) is 8.47. The molecule has 10 heteroatoms. The Morgan fingerprint density at radius 1 is 1.38 bits per heavy atom. The van der Waals surface area contributed by atoms with Crippen LogP contribution in [0.1, 0.15) is 45.7 Å². The molecule has 1 aliphatic rings. The minimum absolute atomic E-state index is 0.0305. The zero-order valence-corrected chi connectivity index (χ0v) is 19.8. The van der Waals surface area contributed by atoms with Gasteiger partial charge in [0.1, 0.15) is 0 Å². The Balaban J connectivity index is 1.77. The van der Waals surface area contributed by atoms with Crippen LogP contribution in [0.5, 0.6) is 0 Å². The van der Waals surface area contributed by atoms with Gasteiger partial charge in [-0.05, 0) is 37.5 Å². The molecule has 3 rings (SSSR count). The molecule has 2 aromatic rings. The summed E-state index contributed by atoms with van der Waals surface area (Å²) < 4.78 is 12.3. The summed E-state index contributed by atoms with van der Waals surface area (Å²) in [5, 5.41) is 20.0. The van der Waals surface area contributed by atoms with Crippen LogP contribution in [-0.2, 0) is 20.9 Å². The van der Waals surface area contributed by atoms with Crippen molar-refractivity contribution in [3.8, 4) is 10.6 Å². The molecule has 0 aliphatic heterocycles. The van der Waals surface area contributed by atoms with Gasteiger partial charge in [-0.1, -0.05) is 30.6 Å². The zero-order valence-electron chi connectivity index (χ0n) is 18.3. The van der Waals surface area contributed by atoms with Crippen molar-refractivity contribution < 1.29 is 24.0 Å². The second-order valence-electron chi connectivity index (χ2n) is 7.74. The van der Waals surface area contributed by atoms with Gasteiger partial charge >= 0.3 is 5.97 Å². The Morgan fingerprint density at radius 3 is 2.72 bits per heavy atom. The SMILES string of the molecule is CCC(CC)O[C@@H]1C=C(C(=O)O)C[C@H](NCc2cc(-c3ccc(Cl)s3)on2)[C@H]1NC(C)=O. The Morgan fingerprint density at radius 2 is 2.12 bits per heavy atom. The summed E-state index contributed by atoms with van der Waals surface area (Å²) in [6.07, 6.45) is 2.87. The van der Waals surface area contributed by atoms with Gasteiger partial charge in [0.25, 0.3) is 0 Å². The van der Waals surface area contributed by atoms with Crippen LogP contribution in [0.25, 0.3) is 10.6 Å². The summed E-state index contributed by atoms with van der Waals surface area (Å²) in [4.78, 5) is 24.5. The van der Waals surface area contributed by atoms with Gasteiger partial charge in [-0.25, -0.2) is 4.79 Å². The molecule has 0 saturated carbocycles. The standard InChI is InChI=1S/C22H28ClN3O5S/c1-4-15(5-2)30-18-9-13(22(28)29)8-16(21(18)25-12(3)27)24-11-14-10-17(31-26-14)19-6-7-20(23)32-19/h6-7,9-10,15-16,18,21,24H,4-5,8,11H2,1-3H3,(H,25,27)(H,28,29)/t16-,18+,21+/m0/s1. The number of aromatic nitrogens is 1. The second-order valence-corrected chi connectivity index (χ2v) is 9.46. The van der Waals surface area contributed by atoms with Crippen LogP contribution in [0.4, 0.5) is 0 Å². The van der Waals surface area contributed by atoms with E-state index in [1.54, 1.807) is 12.1 Å². The highest BCUT2D eigenvalue weighted by Crippen LogP contribution is 2.31. The maximum absolute atomic E-state index is 11.9. The van der Waals surface area contributed by atoms with E-state index in [9.17, 15) is 14.7 Å². The third-order valence-electron chi connectivity index (χ3n) is 5.42. The van der Waals surface area contributed by atoms with Gasteiger partial charge in [0.05, 0.1) is 33.2 Å². The highest BCUT2D eigenvalue weighted by atomic mass is 35.5. The minimum atomic E-state index is -0.991. The molecule has 1 amide bonds. The fourth-order valence-electron chi connectivity index (χ4n) is 3.76. The molecule has 0 fully saturated rings. The van der Waals surface area contributed by atoms with Crippen LogP contribution >= 0.6 is 22.9 Å². The largest absolute Gasteiger partial charge is 0.478 e. The van der Waals surface area contributed by atoms with Crippen LogP contribution in [-0.4, -0.2) is 46.4 Å². The van der Waals surface area contributed by atoms with Crippen molar-refractivity contribution >= 4 is 34.8 Å². The number of hydrogen-bond acceptors (Lipinski definition) is 7. The Labute approximate surface area is 196 Å². The number of nitrogens with one attached hydrogen (secondary N) is 2. The average Bonchev–Trinajstić information content (AvgIpc) is 3.40. The number of ether oxygens (including phenoxy) is 1. The molecule has 0 radical (unpaired) electrons. The van der Waals surface area contributed by atoms with E-state index in [0.717, 1.165) is 17.7 Å². The fourth-order valence-corrected chi connectivity index (χ4v) is 4.75. The van der Waals surface area contributed by atoms with Crippen molar-refractivity contribution in [1.29, 1.82) is 0 Å². The highest BCUT2D eigenvalue weighted by molar-refractivity contribution is 7.19. The number of aliphatic carboxylic acids is 1. The first-order valence-corrected chi connectivity index (χ1v) is 11.8. The topological polar surface area (TPSA) is 114 Å². The number of halogens is 1. The average molecular weight is 482 g/mol. The van der Waals surface area contributed by atoms with Gasteiger partial charge in [-0.15, -0.1) is 11.3 Å². The molecule has 3 N–H and O–H groups in total. The summed E-state index contributed by atoms with van der Waals surface area (Å²) >= 11 is 7.39. The van der Waals surface area contributed by atoms with Crippen molar-refractivity contribution in [3.05, 3.63) is 39.9 Å². The van der Waals surface area contributed by atoms with Crippen LogP contribution in [0, 0.1) is 0 Å². The van der Waals surface area contributed by atoms with E-state index in [4.69, 9.17) is 20.9 Å². The lowest BCUT2D eigenvalue weighted by Gasteiger charge is -2.38. The van der Waals surface area contributed by atoms with Gasteiger partial charge in [-0.3, -0.25) is 4.79 Å². The van der Waals surface area contributed by atoms with Crippen molar-refractivity contribution in [2.45, 2.75) is 70.9 Å². The summed E-state index contributed by atoms with van der Waals surface area (Å²) in [6, 6.07) is 4.70. The lowest BCUT2D eigenvalue weighted by molar-refractivity contribution is -0.133. The number of rotatable bonds is 10. The van der Waals surface area contributed by atoms with Gasteiger partial charge in [0.15, 0.2) is 5.76 Å². The first-order chi connectivity index (χ1) is 15.3. The van der Waals surface area contributed by atoms with Gasteiger partial charge < -0.3 is 25.0 Å². The molecule has 32 heavy (non-hydrogen) atoms. The van der Waals surface area contributed by atoms with E-state index in [2.05, 4.69) is 15.8 Å². The van der Waals surface area contributed by atoms with Crippen LogP contribution < -0.4 is 10.6 Å². The van der Waals surface area contributed by atoms with Crippen molar-refractivity contribution in [2.24, 2.45) is 0 Å². The van der Waals surface area contributed by atoms with Crippen molar-refractivity contribution in [2.75, 3.05) is 0 Å². The number of carboxylic acids is 1. The second kappa shape index (κ2) is 11.1. The van der Waals surface area contributed by atoms with Gasteiger partial charge in [0.2, 0.25) is 5.91 Å². The number of carbonyl (C=O) groups excluding carboxylic acids is 1. The minimum Gasteiger partial charge on any atom is -0.478 e. The Hall–Kier alpha value is -2.20. The molecule has 2 heterocycles. The molecule has 0 saturated heterocycles. The number of hydrogen-bond donors (Lipinski definition) is 3. The van der Waals surface area contributed by atoms with E-state index in [1.807, 2.05) is 26.0 Å². The summed E-state index contributed by atoms with van der Waals surface area (Å²) in [5.41, 5.74) is 0.920. The molecule has 2 aromatic heterocycles. The summed E-state index contributed by atoms with van der Waals surface area (Å²) in [5.74, 6) is -0.582. The van der Waals surface area contributed by atoms with E-state index in [1.165, 1.54) is 18.3 Å². The van der Waals surface area contributed by atoms with Crippen molar-refractivity contribution in [1.82, 2.24) is 15.8 Å². The molecule has 3 atom stereocenters. The molecular formula is C22H28ClN3O5S. The molecule has 1 aliphatic carbocycles. The van der Waals surface area contributed by atoms with Gasteiger partial charge in [-0.2, -0.15) is 0 Å². The number of carbonyl (C=O) groups is 2. The number of carboxylic acid groups (broad SMARTS) is 1. The lowest BCUT2D eigenvalue weighted by Crippen LogP contribution is -2.58. The van der Waals surface area contributed by atoms with Crippen LogP contribution in [0.2, 0.25) is 4.34 Å². The third-order valence-corrected chi connectivity index (χ3v) is 6.66. The lowest BCUT2D eigenvalue weighted by atomic mass is 9.87. The Bertz CT molecular complexity index is 968. The molecule has 174 valence electrons. The third kappa shape index (κ3) is 6.19. The molecule has 0 spiro atoms. The molecule has 0 unspecified atom stereocenters. The molecule has 0 bridgehead atoms. The number of nitrogens with zero attached hydrogens (tertiary/aromatic N) is 1. The first kappa shape index (κ1) is 24.4. The smallest absolute Gasteiger partial charge is 0.331 e. The maximum Gasteiger partial charge on any atom is 0.331 e. The predicted molar refractivity (Wildman–Crippen MR) is 123 cm³/mol.